The summed E-state index contributed by atoms with van der Waals surface area (Å²) in [4.78, 5) is 38.7. The molecule has 0 bridgehead atoms. The molecule has 1 aliphatic rings. The standard InChI is InChI=1S/C15H14N2O5/c1-3-22-15(19)12-8-16-9(2)13(14(12)18)10-5-4-6-11(7-10)17(20)21/h4-8,12H,3H2,1-2H3. The molecular weight excluding hydrogens is 288 g/mol. The number of Topliss-reactive ketones (excluding diaryl/α,β-unsaturated/α-hetero) is 1. The summed E-state index contributed by atoms with van der Waals surface area (Å²) in [6.45, 7) is 3.42. The van der Waals surface area contributed by atoms with Crippen molar-refractivity contribution >= 4 is 29.2 Å². The first-order valence-corrected chi connectivity index (χ1v) is 6.66. The molecule has 0 saturated carbocycles. The van der Waals surface area contributed by atoms with Crippen molar-refractivity contribution in [2.45, 2.75) is 13.8 Å². The van der Waals surface area contributed by atoms with Crippen molar-refractivity contribution in [3.8, 4) is 0 Å². The van der Waals surface area contributed by atoms with Crippen molar-refractivity contribution in [1.82, 2.24) is 0 Å². The van der Waals surface area contributed by atoms with Crippen LogP contribution in [0.25, 0.3) is 5.57 Å². The topological polar surface area (TPSA) is 98.9 Å². The number of benzene rings is 1. The number of nitrogens with zero attached hydrogens (tertiary/aromatic N) is 2. The Hall–Kier alpha value is -2.83. The maximum atomic E-state index is 12.5. The van der Waals surface area contributed by atoms with Gasteiger partial charge in [0.1, 0.15) is 0 Å². The first-order valence-electron chi connectivity index (χ1n) is 6.66. The molecule has 1 aromatic carbocycles. The van der Waals surface area contributed by atoms with E-state index in [1.165, 1.54) is 24.4 Å². The lowest BCUT2D eigenvalue weighted by molar-refractivity contribution is -0.384. The van der Waals surface area contributed by atoms with Crippen LogP contribution < -0.4 is 0 Å². The second kappa shape index (κ2) is 6.30. The fourth-order valence-electron chi connectivity index (χ4n) is 2.18. The van der Waals surface area contributed by atoms with Gasteiger partial charge in [-0.2, -0.15) is 0 Å². The Morgan fingerprint density at radius 3 is 2.82 bits per heavy atom. The Labute approximate surface area is 126 Å². The molecule has 0 radical (unpaired) electrons. The number of carbonyl (C=O) groups excluding carboxylic acids is 2. The van der Waals surface area contributed by atoms with Gasteiger partial charge >= 0.3 is 5.97 Å². The van der Waals surface area contributed by atoms with Crippen LogP contribution in [0, 0.1) is 16.0 Å². The van der Waals surface area contributed by atoms with Gasteiger partial charge < -0.3 is 4.74 Å². The summed E-state index contributed by atoms with van der Waals surface area (Å²) in [5.41, 5.74) is 0.839. The highest BCUT2D eigenvalue weighted by molar-refractivity contribution is 6.33. The third kappa shape index (κ3) is 2.93. The van der Waals surface area contributed by atoms with E-state index in [-0.39, 0.29) is 17.9 Å². The molecule has 1 aliphatic heterocycles. The van der Waals surface area contributed by atoms with Gasteiger partial charge in [-0.25, -0.2) is 0 Å². The third-order valence-electron chi connectivity index (χ3n) is 3.19. The monoisotopic (exact) mass is 302 g/mol. The van der Waals surface area contributed by atoms with Crippen LogP contribution in [-0.4, -0.2) is 29.5 Å². The van der Waals surface area contributed by atoms with Gasteiger partial charge in [0.15, 0.2) is 11.7 Å². The van der Waals surface area contributed by atoms with Crippen LogP contribution in [0.1, 0.15) is 19.4 Å². The Morgan fingerprint density at radius 2 is 2.18 bits per heavy atom. The van der Waals surface area contributed by atoms with Gasteiger partial charge in [-0.05, 0) is 19.4 Å². The lowest BCUT2D eigenvalue weighted by atomic mass is 9.90. The summed E-state index contributed by atoms with van der Waals surface area (Å²) in [7, 11) is 0. The highest BCUT2D eigenvalue weighted by atomic mass is 16.6. The normalized spacial score (nSPS) is 17.5. The van der Waals surface area contributed by atoms with Crippen molar-refractivity contribution in [3.63, 3.8) is 0 Å². The van der Waals surface area contributed by atoms with Gasteiger partial charge in [0, 0.05) is 29.6 Å². The molecule has 0 aromatic heterocycles. The van der Waals surface area contributed by atoms with Crippen LogP contribution in [0.15, 0.2) is 35.0 Å². The summed E-state index contributed by atoms with van der Waals surface area (Å²) in [6, 6.07) is 5.68. The van der Waals surface area contributed by atoms with Gasteiger partial charge in [-0.3, -0.25) is 24.7 Å². The van der Waals surface area contributed by atoms with Crippen LogP contribution in [0.4, 0.5) is 5.69 Å². The van der Waals surface area contributed by atoms with E-state index in [4.69, 9.17) is 4.74 Å². The number of hydrogen-bond donors (Lipinski definition) is 0. The first kappa shape index (κ1) is 15.6. The Morgan fingerprint density at radius 1 is 1.45 bits per heavy atom. The van der Waals surface area contributed by atoms with E-state index >= 15 is 0 Å². The predicted octanol–water partition coefficient (Wildman–Crippen LogP) is 2.16. The Kier molecular flexibility index (Phi) is 4.45. The Balaban J connectivity index is 2.43. The number of carbonyl (C=O) groups is 2. The first-order chi connectivity index (χ1) is 10.5. The van der Waals surface area contributed by atoms with E-state index in [1.807, 2.05) is 0 Å². The molecular formula is C15H14N2O5. The number of aliphatic imine (C=N–C) groups is 1. The molecule has 0 saturated heterocycles. The zero-order valence-electron chi connectivity index (χ0n) is 12.1. The zero-order chi connectivity index (χ0) is 16.3. The zero-order valence-corrected chi connectivity index (χ0v) is 12.1. The highest BCUT2D eigenvalue weighted by Gasteiger charge is 2.33. The minimum Gasteiger partial charge on any atom is -0.465 e. The van der Waals surface area contributed by atoms with Gasteiger partial charge in [-0.1, -0.05) is 12.1 Å². The number of nitro groups is 1. The molecule has 1 heterocycles. The van der Waals surface area contributed by atoms with Crippen LogP contribution >= 0.6 is 0 Å². The molecule has 1 atom stereocenters. The van der Waals surface area contributed by atoms with Crippen LogP contribution in [0.5, 0.6) is 0 Å². The number of allylic oxidation sites excluding steroid dienone is 2. The van der Waals surface area contributed by atoms with Gasteiger partial charge in [-0.15, -0.1) is 0 Å². The second-order valence-corrected chi connectivity index (χ2v) is 4.64. The van der Waals surface area contributed by atoms with E-state index in [0.29, 0.717) is 11.3 Å². The summed E-state index contributed by atoms with van der Waals surface area (Å²) >= 11 is 0. The molecule has 1 aromatic rings. The maximum Gasteiger partial charge on any atom is 0.322 e. The molecule has 22 heavy (non-hydrogen) atoms. The molecule has 1 unspecified atom stereocenters. The molecule has 0 N–H and O–H groups in total. The third-order valence-corrected chi connectivity index (χ3v) is 3.19. The van der Waals surface area contributed by atoms with Crippen LogP contribution in [0.2, 0.25) is 0 Å². The van der Waals surface area contributed by atoms with Crippen molar-refractivity contribution < 1.29 is 19.2 Å². The minimum absolute atomic E-state index is 0.132. The summed E-state index contributed by atoms with van der Waals surface area (Å²) in [6.07, 6.45) is 1.25. The van der Waals surface area contributed by atoms with Crippen molar-refractivity contribution in [2.75, 3.05) is 6.61 Å². The van der Waals surface area contributed by atoms with E-state index in [1.54, 1.807) is 19.9 Å². The number of ether oxygens (including phenoxy) is 1. The van der Waals surface area contributed by atoms with E-state index in [2.05, 4.69) is 4.99 Å². The molecule has 0 amide bonds. The molecule has 2 rings (SSSR count). The molecule has 7 heteroatoms. The molecule has 0 spiro atoms. The number of esters is 1. The largest absolute Gasteiger partial charge is 0.465 e. The summed E-state index contributed by atoms with van der Waals surface area (Å²) < 4.78 is 4.85. The van der Waals surface area contributed by atoms with Gasteiger partial charge in [0.05, 0.1) is 11.5 Å². The fraction of sp³-hybridized carbons (Fsp3) is 0.267. The lowest BCUT2D eigenvalue weighted by Crippen LogP contribution is -2.30. The number of ketones is 1. The Bertz CT molecular complexity index is 706. The number of nitro benzene ring substituents is 1. The SMILES string of the molecule is CCOC(=O)C1C=NC(C)=C(c2cccc([N+](=O)[O-])c2)C1=O. The smallest absolute Gasteiger partial charge is 0.322 e. The summed E-state index contributed by atoms with van der Waals surface area (Å²) in [5.74, 6) is -2.25. The lowest BCUT2D eigenvalue weighted by Gasteiger charge is -2.18. The highest BCUT2D eigenvalue weighted by Crippen LogP contribution is 2.29. The van der Waals surface area contributed by atoms with Gasteiger partial charge in [0.2, 0.25) is 0 Å². The molecule has 114 valence electrons. The molecule has 0 aliphatic carbocycles. The number of hydrogen-bond acceptors (Lipinski definition) is 6. The average molecular weight is 302 g/mol. The predicted molar refractivity (Wildman–Crippen MR) is 79.3 cm³/mol. The van der Waals surface area contributed by atoms with Crippen LogP contribution in [0.3, 0.4) is 0 Å². The van der Waals surface area contributed by atoms with Crippen molar-refractivity contribution in [2.24, 2.45) is 10.9 Å². The minimum atomic E-state index is -1.11. The van der Waals surface area contributed by atoms with Crippen molar-refractivity contribution in [3.05, 3.63) is 45.6 Å². The molecule has 7 nitrogen and oxygen atoms in total. The maximum absolute atomic E-state index is 12.5. The van der Waals surface area contributed by atoms with E-state index in [0.717, 1.165) is 0 Å². The molecule has 0 fully saturated rings. The van der Waals surface area contributed by atoms with E-state index < -0.39 is 22.6 Å². The van der Waals surface area contributed by atoms with Crippen molar-refractivity contribution in [1.29, 1.82) is 0 Å². The fourth-order valence-corrected chi connectivity index (χ4v) is 2.18. The number of non-ortho nitro benzene ring substituents is 1. The summed E-state index contributed by atoms with van der Waals surface area (Å²) in [5, 5.41) is 10.9. The average Bonchev–Trinajstić information content (AvgIpc) is 2.47. The van der Waals surface area contributed by atoms with Crippen LogP contribution in [-0.2, 0) is 14.3 Å². The van der Waals surface area contributed by atoms with Gasteiger partial charge in [0.25, 0.3) is 5.69 Å². The second-order valence-electron chi connectivity index (χ2n) is 4.64. The van der Waals surface area contributed by atoms with E-state index in [9.17, 15) is 19.7 Å². The quantitative estimate of drug-likeness (QED) is 0.367. The number of rotatable bonds is 4.